The van der Waals surface area contributed by atoms with Crippen LogP contribution in [0.25, 0.3) is 11.0 Å². The average Bonchev–Trinajstić information content (AvgIpc) is 2.65. The smallest absolute Gasteiger partial charge is 0.229 e. The molecule has 1 heterocycles. The van der Waals surface area contributed by atoms with Crippen LogP contribution in [-0.2, 0) is 16.6 Å². The number of anilines is 1. The third-order valence-electron chi connectivity index (χ3n) is 4.04. The molecule has 0 saturated heterocycles. The number of ether oxygens (including phenoxy) is 1. The Bertz CT molecular complexity index is 1020. The van der Waals surface area contributed by atoms with Gasteiger partial charge in [-0.1, -0.05) is 12.1 Å². The van der Waals surface area contributed by atoms with E-state index in [-0.39, 0.29) is 0 Å². The molecule has 2 aromatic carbocycles. The molecule has 8 heteroatoms. The number of benzene rings is 2. The van der Waals surface area contributed by atoms with Crippen molar-refractivity contribution in [2.45, 2.75) is 13.0 Å². The van der Waals surface area contributed by atoms with Crippen molar-refractivity contribution in [2.24, 2.45) is 0 Å². The molecule has 3 rings (SSSR count). The van der Waals surface area contributed by atoms with Gasteiger partial charge in [-0.3, -0.25) is 9.71 Å². The lowest BCUT2D eigenvalue weighted by Gasteiger charge is -2.16. The predicted octanol–water partition coefficient (Wildman–Crippen LogP) is 2.90. The van der Waals surface area contributed by atoms with Crippen LogP contribution in [0.5, 0.6) is 5.75 Å². The Morgan fingerprint density at radius 1 is 1.07 bits per heavy atom. The molecular formula is C20H24N4O3S. The van der Waals surface area contributed by atoms with E-state index in [0.29, 0.717) is 18.0 Å². The molecule has 7 nitrogen and oxygen atoms in total. The topological polar surface area (TPSA) is 84.4 Å². The molecule has 0 aliphatic heterocycles. The molecule has 0 atom stereocenters. The van der Waals surface area contributed by atoms with Crippen molar-refractivity contribution >= 4 is 26.7 Å². The maximum Gasteiger partial charge on any atom is 0.229 e. The molecule has 0 radical (unpaired) electrons. The Hall–Kier alpha value is -2.71. The molecule has 3 aromatic rings. The fraction of sp³-hybridized carbons (Fsp3) is 0.300. The summed E-state index contributed by atoms with van der Waals surface area (Å²) < 4.78 is 30.5. The SMILES string of the molecule is CN(CCCOc1ccc(NS(C)(=O)=O)cc1)Cc1cnc2ccccc2n1. The van der Waals surface area contributed by atoms with Gasteiger partial charge in [-0.05, 0) is 49.9 Å². The van der Waals surface area contributed by atoms with Gasteiger partial charge < -0.3 is 9.64 Å². The number of aromatic nitrogens is 2. The highest BCUT2D eigenvalue weighted by Gasteiger charge is 2.05. The molecule has 0 saturated carbocycles. The molecule has 0 spiro atoms. The molecule has 148 valence electrons. The average molecular weight is 401 g/mol. The quantitative estimate of drug-likeness (QED) is 0.556. The first kappa shape index (κ1) is 20.0. The van der Waals surface area contributed by atoms with Gasteiger partial charge in [0.25, 0.3) is 0 Å². The van der Waals surface area contributed by atoms with Crippen LogP contribution in [0, 0.1) is 0 Å². The number of fused-ring (bicyclic) bond motifs is 1. The molecule has 1 aromatic heterocycles. The van der Waals surface area contributed by atoms with Gasteiger partial charge >= 0.3 is 0 Å². The van der Waals surface area contributed by atoms with Gasteiger partial charge in [0.05, 0.1) is 35.8 Å². The highest BCUT2D eigenvalue weighted by molar-refractivity contribution is 7.92. The number of nitrogens with zero attached hydrogens (tertiary/aromatic N) is 3. The van der Waals surface area contributed by atoms with Crippen molar-refractivity contribution in [2.75, 3.05) is 31.2 Å². The van der Waals surface area contributed by atoms with Crippen LogP contribution in [-0.4, -0.2) is 49.7 Å². The standard InChI is InChI=1S/C20H24N4O3S/c1-24(15-17-14-21-19-6-3-4-7-20(19)22-17)12-5-13-27-18-10-8-16(9-11-18)23-28(2,25)26/h3-4,6-11,14,23H,5,12-13,15H2,1-2H3. The fourth-order valence-electron chi connectivity index (χ4n) is 2.79. The molecule has 28 heavy (non-hydrogen) atoms. The second-order valence-electron chi connectivity index (χ2n) is 6.69. The van der Waals surface area contributed by atoms with Crippen LogP contribution in [0.2, 0.25) is 0 Å². The zero-order chi connectivity index (χ0) is 20.0. The molecule has 0 aliphatic rings. The van der Waals surface area contributed by atoms with Crippen LogP contribution in [0.3, 0.4) is 0 Å². The molecule has 0 amide bonds. The van der Waals surface area contributed by atoms with Crippen LogP contribution < -0.4 is 9.46 Å². The lowest BCUT2D eigenvalue weighted by molar-refractivity contribution is 0.257. The third kappa shape index (κ3) is 6.17. The van der Waals surface area contributed by atoms with Crippen molar-refractivity contribution in [3.05, 3.63) is 60.4 Å². The first-order valence-electron chi connectivity index (χ1n) is 8.99. The maximum absolute atomic E-state index is 11.2. The first-order chi connectivity index (χ1) is 13.4. The Kier molecular flexibility index (Phi) is 6.43. The highest BCUT2D eigenvalue weighted by Crippen LogP contribution is 2.16. The summed E-state index contributed by atoms with van der Waals surface area (Å²) in [5.41, 5.74) is 3.27. The van der Waals surface area contributed by atoms with Crippen molar-refractivity contribution in [3.8, 4) is 5.75 Å². The number of nitrogens with one attached hydrogen (secondary N) is 1. The van der Waals surface area contributed by atoms with E-state index in [1.807, 2.05) is 37.5 Å². The maximum atomic E-state index is 11.2. The van der Waals surface area contributed by atoms with E-state index in [0.717, 1.165) is 42.5 Å². The third-order valence-corrected chi connectivity index (χ3v) is 4.65. The second kappa shape index (κ2) is 8.99. The molecule has 0 unspecified atom stereocenters. The van der Waals surface area contributed by atoms with Gasteiger partial charge in [-0.15, -0.1) is 0 Å². The van der Waals surface area contributed by atoms with E-state index in [4.69, 9.17) is 4.74 Å². The van der Waals surface area contributed by atoms with Crippen LogP contribution in [0.4, 0.5) is 5.69 Å². The minimum atomic E-state index is -3.26. The Balaban J connectivity index is 1.41. The largest absolute Gasteiger partial charge is 0.494 e. The molecule has 1 N–H and O–H groups in total. The number of rotatable bonds is 9. The summed E-state index contributed by atoms with van der Waals surface area (Å²) in [6.07, 6.45) is 3.81. The fourth-order valence-corrected chi connectivity index (χ4v) is 3.35. The minimum absolute atomic E-state index is 0.520. The summed E-state index contributed by atoms with van der Waals surface area (Å²) in [5.74, 6) is 0.710. The zero-order valence-electron chi connectivity index (χ0n) is 16.0. The van der Waals surface area contributed by atoms with E-state index in [9.17, 15) is 8.42 Å². The second-order valence-corrected chi connectivity index (χ2v) is 8.44. The zero-order valence-corrected chi connectivity index (χ0v) is 16.8. The van der Waals surface area contributed by atoms with Crippen LogP contribution in [0.15, 0.2) is 54.7 Å². The Morgan fingerprint density at radius 3 is 2.50 bits per heavy atom. The number of hydrogen-bond acceptors (Lipinski definition) is 6. The van der Waals surface area contributed by atoms with Crippen molar-refractivity contribution in [3.63, 3.8) is 0 Å². The summed E-state index contributed by atoms with van der Waals surface area (Å²) in [4.78, 5) is 11.3. The molecule has 0 bridgehead atoms. The molecule has 0 fully saturated rings. The van der Waals surface area contributed by atoms with Gasteiger partial charge in [0.1, 0.15) is 5.75 Å². The number of sulfonamides is 1. The van der Waals surface area contributed by atoms with E-state index in [1.165, 1.54) is 0 Å². The van der Waals surface area contributed by atoms with Crippen LogP contribution in [0.1, 0.15) is 12.1 Å². The van der Waals surface area contributed by atoms with Gasteiger partial charge in [0.2, 0.25) is 10.0 Å². The minimum Gasteiger partial charge on any atom is -0.494 e. The van der Waals surface area contributed by atoms with E-state index >= 15 is 0 Å². The lowest BCUT2D eigenvalue weighted by Crippen LogP contribution is -2.21. The van der Waals surface area contributed by atoms with Gasteiger partial charge in [-0.2, -0.15) is 0 Å². The Morgan fingerprint density at radius 2 is 1.79 bits per heavy atom. The van der Waals surface area contributed by atoms with Gasteiger partial charge in [0, 0.05) is 18.8 Å². The summed E-state index contributed by atoms with van der Waals surface area (Å²) in [5, 5.41) is 0. The summed E-state index contributed by atoms with van der Waals surface area (Å²) in [6, 6.07) is 14.7. The Labute approximate surface area is 165 Å². The predicted molar refractivity (Wildman–Crippen MR) is 111 cm³/mol. The van der Waals surface area contributed by atoms with E-state index in [2.05, 4.69) is 19.6 Å². The van der Waals surface area contributed by atoms with E-state index in [1.54, 1.807) is 24.3 Å². The monoisotopic (exact) mass is 400 g/mol. The van der Waals surface area contributed by atoms with Gasteiger partial charge in [0.15, 0.2) is 0 Å². The highest BCUT2D eigenvalue weighted by atomic mass is 32.2. The molecular weight excluding hydrogens is 376 g/mol. The van der Waals surface area contributed by atoms with Crippen molar-refractivity contribution in [1.82, 2.24) is 14.9 Å². The van der Waals surface area contributed by atoms with Crippen molar-refractivity contribution < 1.29 is 13.2 Å². The van der Waals surface area contributed by atoms with Crippen molar-refractivity contribution in [1.29, 1.82) is 0 Å². The summed E-state index contributed by atoms with van der Waals surface area (Å²) >= 11 is 0. The van der Waals surface area contributed by atoms with Crippen LogP contribution >= 0.6 is 0 Å². The normalized spacial score (nSPS) is 11.7. The summed E-state index contributed by atoms with van der Waals surface area (Å²) in [7, 11) is -1.22. The van der Waals surface area contributed by atoms with E-state index < -0.39 is 10.0 Å². The number of hydrogen-bond donors (Lipinski definition) is 1. The van der Waals surface area contributed by atoms with Gasteiger partial charge in [-0.25, -0.2) is 13.4 Å². The molecule has 0 aliphatic carbocycles. The summed E-state index contributed by atoms with van der Waals surface area (Å²) in [6.45, 7) is 2.17. The lowest BCUT2D eigenvalue weighted by atomic mass is 10.3. The number of para-hydroxylation sites is 2. The first-order valence-corrected chi connectivity index (χ1v) is 10.9.